The molecule has 0 aliphatic carbocycles. The number of hydrogen-bond donors (Lipinski definition) is 1. The Morgan fingerprint density at radius 3 is 3.14 bits per heavy atom. The fraction of sp³-hybridized carbons (Fsp3) is 0.357. The lowest BCUT2D eigenvalue weighted by Crippen LogP contribution is -2.21. The predicted molar refractivity (Wildman–Crippen MR) is 76.9 cm³/mol. The second-order valence-electron chi connectivity index (χ2n) is 4.58. The summed E-state index contributed by atoms with van der Waals surface area (Å²) in [7, 11) is 1.69. The minimum atomic E-state index is 0.701. The summed E-state index contributed by atoms with van der Waals surface area (Å²) in [5.41, 5.74) is 1.80. The Morgan fingerprint density at radius 2 is 2.24 bits per heavy atom. The van der Waals surface area contributed by atoms with E-state index in [1.165, 1.54) is 0 Å². The highest BCUT2D eigenvalue weighted by molar-refractivity contribution is 5.75. The summed E-state index contributed by atoms with van der Waals surface area (Å²) in [5, 5.41) is 7.52. The van der Waals surface area contributed by atoms with E-state index in [1.807, 2.05) is 0 Å². The quantitative estimate of drug-likeness (QED) is 0.657. The van der Waals surface area contributed by atoms with Gasteiger partial charge in [-0.05, 0) is 0 Å². The van der Waals surface area contributed by atoms with Crippen molar-refractivity contribution in [3.63, 3.8) is 0 Å². The van der Waals surface area contributed by atoms with Crippen LogP contribution < -0.4 is 5.32 Å². The molecule has 3 aromatic heterocycles. The molecule has 0 aliphatic heterocycles. The van der Waals surface area contributed by atoms with Crippen LogP contribution in [-0.4, -0.2) is 46.4 Å². The Hall–Kier alpha value is -2.25. The second-order valence-corrected chi connectivity index (χ2v) is 4.58. The first kappa shape index (κ1) is 13.7. The zero-order valence-corrected chi connectivity index (χ0v) is 11.8. The molecule has 110 valence electrons. The molecule has 0 spiro atoms. The van der Waals surface area contributed by atoms with E-state index in [-0.39, 0.29) is 0 Å². The van der Waals surface area contributed by atoms with Crippen LogP contribution in [-0.2, 0) is 11.2 Å². The minimum Gasteiger partial charge on any atom is -0.441 e. The number of aromatic nitrogens is 4. The summed E-state index contributed by atoms with van der Waals surface area (Å²) in [5.74, 6) is 1.42. The molecule has 0 unspecified atom stereocenters. The van der Waals surface area contributed by atoms with Crippen LogP contribution in [0, 0.1) is 0 Å². The Labute approximate surface area is 122 Å². The van der Waals surface area contributed by atoms with Crippen molar-refractivity contribution in [2.45, 2.75) is 6.42 Å². The number of methoxy groups -OCH3 is 1. The first-order valence-electron chi connectivity index (χ1n) is 6.80. The van der Waals surface area contributed by atoms with Gasteiger partial charge in [-0.3, -0.25) is 4.98 Å². The van der Waals surface area contributed by atoms with Gasteiger partial charge in [0.15, 0.2) is 11.7 Å². The van der Waals surface area contributed by atoms with Crippen LogP contribution in [0.5, 0.6) is 0 Å². The summed E-state index contributed by atoms with van der Waals surface area (Å²) in [6, 6.07) is 0. The van der Waals surface area contributed by atoms with Crippen molar-refractivity contribution >= 4 is 5.52 Å². The second kappa shape index (κ2) is 6.47. The minimum absolute atomic E-state index is 0.701. The molecule has 7 heteroatoms. The van der Waals surface area contributed by atoms with E-state index in [2.05, 4.69) is 20.4 Å². The summed E-state index contributed by atoms with van der Waals surface area (Å²) < 4.78 is 12.5. The van der Waals surface area contributed by atoms with E-state index in [0.29, 0.717) is 18.3 Å². The van der Waals surface area contributed by atoms with Gasteiger partial charge in [0.2, 0.25) is 0 Å². The number of ether oxygens (including phenoxy) is 1. The lowest BCUT2D eigenvalue weighted by Gasteiger charge is -2.01. The van der Waals surface area contributed by atoms with E-state index in [0.717, 1.165) is 30.6 Å². The highest BCUT2D eigenvalue weighted by Gasteiger charge is 2.11. The maximum absolute atomic E-state index is 5.78. The molecule has 0 atom stereocenters. The predicted octanol–water partition coefficient (Wildman–Crippen LogP) is 1.16. The molecule has 0 aromatic carbocycles. The van der Waals surface area contributed by atoms with Gasteiger partial charge in [-0.15, -0.1) is 0 Å². The average molecular weight is 287 g/mol. The lowest BCUT2D eigenvalue weighted by atomic mass is 10.2. The molecule has 0 saturated heterocycles. The molecule has 0 aliphatic rings. The maximum Gasteiger partial charge on any atom is 0.196 e. The summed E-state index contributed by atoms with van der Waals surface area (Å²) in [6.07, 6.45) is 9.49. The van der Waals surface area contributed by atoms with Gasteiger partial charge < -0.3 is 14.5 Å². The van der Waals surface area contributed by atoms with E-state index in [4.69, 9.17) is 9.15 Å². The Balaban J connectivity index is 1.67. The van der Waals surface area contributed by atoms with Crippen LogP contribution in [0.15, 0.2) is 35.4 Å². The molecular weight excluding hydrogens is 270 g/mol. The van der Waals surface area contributed by atoms with Crippen molar-refractivity contribution in [3.8, 4) is 11.3 Å². The highest BCUT2D eigenvalue weighted by atomic mass is 16.5. The van der Waals surface area contributed by atoms with Crippen LogP contribution >= 0.6 is 0 Å². The normalized spacial score (nSPS) is 11.3. The van der Waals surface area contributed by atoms with Gasteiger partial charge >= 0.3 is 0 Å². The van der Waals surface area contributed by atoms with Gasteiger partial charge in [0.05, 0.1) is 36.3 Å². The fourth-order valence-corrected chi connectivity index (χ4v) is 2.07. The van der Waals surface area contributed by atoms with Gasteiger partial charge in [-0.1, -0.05) is 0 Å². The molecule has 0 saturated carbocycles. The Bertz CT molecular complexity index is 706. The molecular formula is C14H17N5O2. The Kier molecular flexibility index (Phi) is 4.23. The van der Waals surface area contributed by atoms with Crippen molar-refractivity contribution in [1.29, 1.82) is 0 Å². The monoisotopic (exact) mass is 287 g/mol. The number of nitrogens with one attached hydrogen (secondary N) is 1. The zero-order chi connectivity index (χ0) is 14.5. The molecule has 3 rings (SSSR count). The van der Waals surface area contributed by atoms with Gasteiger partial charge in [0.1, 0.15) is 0 Å². The standard InChI is InChI=1S/C14H17N5O2/c1-20-7-5-15-3-2-14-17-10-13(21-14)11-8-18-19-6-4-16-9-12(11)19/h4,6,8-10,15H,2-3,5,7H2,1H3. The summed E-state index contributed by atoms with van der Waals surface area (Å²) >= 11 is 0. The maximum atomic E-state index is 5.78. The van der Waals surface area contributed by atoms with E-state index < -0.39 is 0 Å². The molecule has 0 fully saturated rings. The van der Waals surface area contributed by atoms with E-state index in [9.17, 15) is 0 Å². The third-order valence-corrected chi connectivity index (χ3v) is 3.14. The van der Waals surface area contributed by atoms with Crippen LogP contribution in [0.25, 0.3) is 16.8 Å². The molecule has 1 N–H and O–H groups in total. The zero-order valence-electron chi connectivity index (χ0n) is 11.8. The van der Waals surface area contributed by atoms with Crippen molar-refractivity contribution in [1.82, 2.24) is 24.9 Å². The third kappa shape index (κ3) is 3.09. The van der Waals surface area contributed by atoms with Crippen LogP contribution in [0.1, 0.15) is 5.89 Å². The van der Waals surface area contributed by atoms with Gasteiger partial charge in [0, 0.05) is 39.0 Å². The molecule has 21 heavy (non-hydrogen) atoms. The largest absolute Gasteiger partial charge is 0.441 e. The van der Waals surface area contributed by atoms with E-state index >= 15 is 0 Å². The average Bonchev–Trinajstić information content (AvgIpc) is 3.13. The molecule has 0 amide bonds. The first-order valence-corrected chi connectivity index (χ1v) is 6.80. The Morgan fingerprint density at radius 1 is 1.29 bits per heavy atom. The SMILES string of the molecule is COCCNCCc1ncc(-c2cnn3ccncc23)o1. The number of hydrogen-bond acceptors (Lipinski definition) is 6. The first-order chi connectivity index (χ1) is 10.4. The number of nitrogens with zero attached hydrogens (tertiary/aromatic N) is 4. The number of rotatable bonds is 7. The van der Waals surface area contributed by atoms with Crippen LogP contribution in [0.2, 0.25) is 0 Å². The summed E-state index contributed by atoms with van der Waals surface area (Å²) in [6.45, 7) is 2.33. The smallest absolute Gasteiger partial charge is 0.196 e. The van der Waals surface area contributed by atoms with Gasteiger partial charge in [0.25, 0.3) is 0 Å². The topological polar surface area (TPSA) is 77.5 Å². The molecule has 0 radical (unpaired) electrons. The fourth-order valence-electron chi connectivity index (χ4n) is 2.07. The van der Waals surface area contributed by atoms with Crippen molar-refractivity contribution in [2.24, 2.45) is 0 Å². The van der Waals surface area contributed by atoms with E-state index in [1.54, 1.807) is 42.6 Å². The van der Waals surface area contributed by atoms with Crippen LogP contribution in [0.4, 0.5) is 0 Å². The number of fused-ring (bicyclic) bond motifs is 1. The van der Waals surface area contributed by atoms with Gasteiger partial charge in [-0.25, -0.2) is 9.50 Å². The van der Waals surface area contributed by atoms with Crippen molar-refractivity contribution in [3.05, 3.63) is 36.9 Å². The number of oxazole rings is 1. The molecule has 3 heterocycles. The molecule has 0 bridgehead atoms. The van der Waals surface area contributed by atoms with Crippen LogP contribution in [0.3, 0.4) is 0 Å². The van der Waals surface area contributed by atoms with Gasteiger partial charge in [-0.2, -0.15) is 5.10 Å². The molecule has 3 aromatic rings. The third-order valence-electron chi connectivity index (χ3n) is 3.14. The lowest BCUT2D eigenvalue weighted by molar-refractivity contribution is 0.199. The van der Waals surface area contributed by atoms with Crippen molar-refractivity contribution in [2.75, 3.05) is 26.8 Å². The summed E-state index contributed by atoms with van der Waals surface area (Å²) in [4.78, 5) is 8.41. The highest BCUT2D eigenvalue weighted by Crippen LogP contribution is 2.24. The van der Waals surface area contributed by atoms with Crippen molar-refractivity contribution < 1.29 is 9.15 Å². The molecule has 7 nitrogen and oxygen atoms in total.